The van der Waals surface area contributed by atoms with Crippen molar-refractivity contribution in [2.45, 2.75) is 37.3 Å². The molecule has 2 atom stereocenters. The first kappa shape index (κ1) is 12.3. The molecule has 2 saturated heterocycles. The van der Waals surface area contributed by atoms with E-state index in [0.29, 0.717) is 25.9 Å². The van der Waals surface area contributed by atoms with Crippen molar-refractivity contribution in [2.75, 3.05) is 13.1 Å². The highest BCUT2D eigenvalue weighted by Gasteiger charge is 2.53. The van der Waals surface area contributed by atoms with E-state index in [1.54, 1.807) is 4.90 Å². The number of hydrogen-bond acceptors (Lipinski definition) is 3. The first-order valence-electron chi connectivity index (χ1n) is 6.63. The fourth-order valence-electron chi connectivity index (χ4n) is 3.00. The van der Waals surface area contributed by atoms with Gasteiger partial charge in [0.15, 0.2) is 0 Å². The Balaban J connectivity index is 1.70. The Morgan fingerprint density at radius 1 is 1.42 bits per heavy atom. The van der Waals surface area contributed by atoms with Crippen molar-refractivity contribution < 1.29 is 19.5 Å². The van der Waals surface area contributed by atoms with Crippen LogP contribution in [0.25, 0.3) is 0 Å². The lowest BCUT2D eigenvalue weighted by Crippen LogP contribution is -2.56. The highest BCUT2D eigenvalue weighted by atomic mass is 16.4. The lowest BCUT2D eigenvalue weighted by atomic mass is 9.92. The highest BCUT2D eigenvalue weighted by Crippen LogP contribution is 2.36. The number of fused-ring (bicyclic) bond motifs is 1. The van der Waals surface area contributed by atoms with E-state index in [1.807, 2.05) is 0 Å². The van der Waals surface area contributed by atoms with Gasteiger partial charge in [-0.2, -0.15) is 0 Å². The topological polar surface area (TPSA) is 98.7 Å². The zero-order chi connectivity index (χ0) is 13.6. The molecule has 3 fully saturated rings. The summed E-state index contributed by atoms with van der Waals surface area (Å²) in [6.07, 6.45) is 2.53. The van der Waals surface area contributed by atoms with Gasteiger partial charge in [-0.25, -0.2) is 9.59 Å². The zero-order valence-electron chi connectivity index (χ0n) is 10.5. The lowest BCUT2D eigenvalue weighted by molar-refractivity contribution is -0.140. The molecule has 0 radical (unpaired) electrons. The monoisotopic (exact) mass is 267 g/mol. The number of piperidine rings is 1. The largest absolute Gasteiger partial charge is 0.480 e. The van der Waals surface area contributed by atoms with Crippen molar-refractivity contribution >= 4 is 17.9 Å². The van der Waals surface area contributed by atoms with Gasteiger partial charge >= 0.3 is 12.0 Å². The van der Waals surface area contributed by atoms with Gasteiger partial charge in [-0.1, -0.05) is 0 Å². The summed E-state index contributed by atoms with van der Waals surface area (Å²) in [5, 5.41) is 14.5. The van der Waals surface area contributed by atoms with Gasteiger partial charge in [0, 0.05) is 13.1 Å². The number of carboxylic acid groups (broad SMARTS) is 1. The Hall–Kier alpha value is -1.79. The van der Waals surface area contributed by atoms with Gasteiger partial charge in [-0.05, 0) is 25.7 Å². The summed E-state index contributed by atoms with van der Waals surface area (Å²) in [4.78, 5) is 36.5. The Bertz CT molecular complexity index is 446. The molecule has 0 spiro atoms. The number of nitrogens with one attached hydrogen (secondary N) is 2. The maximum atomic E-state index is 12.2. The molecule has 3 aliphatic rings. The fourth-order valence-corrected chi connectivity index (χ4v) is 3.00. The van der Waals surface area contributed by atoms with Crippen LogP contribution in [0.2, 0.25) is 0 Å². The molecule has 104 valence electrons. The minimum Gasteiger partial charge on any atom is -0.480 e. The summed E-state index contributed by atoms with van der Waals surface area (Å²) in [7, 11) is 0. The number of hydrogen-bond donors (Lipinski definition) is 3. The van der Waals surface area contributed by atoms with E-state index in [1.165, 1.54) is 0 Å². The number of nitrogens with zero attached hydrogens (tertiary/aromatic N) is 1. The van der Waals surface area contributed by atoms with E-state index in [-0.39, 0.29) is 23.9 Å². The average molecular weight is 267 g/mol. The van der Waals surface area contributed by atoms with E-state index in [9.17, 15) is 14.4 Å². The second-order valence-corrected chi connectivity index (χ2v) is 5.57. The van der Waals surface area contributed by atoms with Crippen molar-refractivity contribution in [1.82, 2.24) is 15.5 Å². The number of likely N-dealkylation sites (tertiary alicyclic amines) is 1. The second-order valence-electron chi connectivity index (χ2n) is 5.57. The molecule has 2 unspecified atom stereocenters. The molecule has 19 heavy (non-hydrogen) atoms. The van der Waals surface area contributed by atoms with Crippen LogP contribution in [0.15, 0.2) is 0 Å². The van der Waals surface area contributed by atoms with Crippen LogP contribution >= 0.6 is 0 Å². The molecule has 2 heterocycles. The van der Waals surface area contributed by atoms with Gasteiger partial charge in [0.25, 0.3) is 0 Å². The van der Waals surface area contributed by atoms with E-state index in [2.05, 4.69) is 10.6 Å². The lowest BCUT2D eigenvalue weighted by Gasteiger charge is -2.36. The quantitative estimate of drug-likeness (QED) is 0.629. The molecule has 0 aromatic heterocycles. The molecule has 3 N–H and O–H groups in total. The molecule has 7 heteroatoms. The second kappa shape index (κ2) is 4.11. The Morgan fingerprint density at radius 3 is 2.79 bits per heavy atom. The van der Waals surface area contributed by atoms with Crippen LogP contribution in [0, 0.1) is 5.92 Å². The predicted octanol–water partition coefficient (Wildman–Crippen LogP) is -0.476. The summed E-state index contributed by atoms with van der Waals surface area (Å²) in [6.45, 7) is 1.05. The van der Waals surface area contributed by atoms with E-state index >= 15 is 0 Å². The first-order valence-corrected chi connectivity index (χ1v) is 6.63. The summed E-state index contributed by atoms with van der Waals surface area (Å²) < 4.78 is 0. The van der Waals surface area contributed by atoms with Crippen LogP contribution in [0.4, 0.5) is 4.79 Å². The minimum absolute atomic E-state index is 0.00173. The van der Waals surface area contributed by atoms with Gasteiger partial charge < -0.3 is 20.6 Å². The number of carboxylic acids is 1. The summed E-state index contributed by atoms with van der Waals surface area (Å²) >= 11 is 0. The zero-order valence-corrected chi connectivity index (χ0v) is 10.5. The van der Waals surface area contributed by atoms with Crippen molar-refractivity contribution in [1.29, 1.82) is 0 Å². The molecule has 0 aromatic carbocycles. The Labute approximate surface area is 110 Å². The molecular weight excluding hydrogens is 250 g/mol. The molecule has 3 amide bonds. The van der Waals surface area contributed by atoms with Gasteiger partial charge in [0.1, 0.15) is 5.54 Å². The summed E-state index contributed by atoms with van der Waals surface area (Å²) in [6, 6.07) is -0.489. The van der Waals surface area contributed by atoms with Crippen LogP contribution in [-0.4, -0.2) is 52.6 Å². The maximum absolute atomic E-state index is 12.2. The summed E-state index contributed by atoms with van der Waals surface area (Å²) in [5.41, 5.74) is -1.07. The number of aliphatic carboxylic acids is 1. The van der Waals surface area contributed by atoms with Crippen LogP contribution < -0.4 is 10.6 Å². The Morgan fingerprint density at radius 2 is 2.16 bits per heavy atom. The molecule has 7 nitrogen and oxygen atoms in total. The van der Waals surface area contributed by atoms with Gasteiger partial charge in [-0.3, -0.25) is 4.79 Å². The van der Waals surface area contributed by atoms with E-state index in [0.717, 1.165) is 12.8 Å². The number of carbonyl (C=O) groups is 3. The first-order chi connectivity index (χ1) is 9.03. The van der Waals surface area contributed by atoms with Gasteiger partial charge in [-0.15, -0.1) is 0 Å². The molecule has 0 aromatic rings. The van der Waals surface area contributed by atoms with Crippen LogP contribution in [-0.2, 0) is 9.59 Å². The van der Waals surface area contributed by atoms with Gasteiger partial charge in [0.05, 0.1) is 12.0 Å². The molecule has 3 rings (SSSR count). The number of rotatable bonds is 2. The third-order valence-corrected chi connectivity index (χ3v) is 4.37. The minimum atomic E-state index is -1.07. The number of amides is 3. The van der Waals surface area contributed by atoms with Crippen LogP contribution in [0.5, 0.6) is 0 Å². The third-order valence-electron chi connectivity index (χ3n) is 4.37. The van der Waals surface area contributed by atoms with Crippen LogP contribution in [0.3, 0.4) is 0 Å². The van der Waals surface area contributed by atoms with E-state index < -0.39 is 11.5 Å². The molecule has 1 saturated carbocycles. The standard InChI is InChI=1S/C12H17N3O4/c16-9-7-2-1-5-15(8(7)6-13-9)11(19)14-12(3-4-12)10(17)18/h7-8H,1-6H2,(H,13,16)(H,14,19)(H,17,18). The molecule has 2 aliphatic heterocycles. The van der Waals surface area contributed by atoms with Gasteiger partial charge in [0.2, 0.25) is 5.91 Å². The number of carbonyl (C=O) groups excluding carboxylic acids is 2. The smallest absolute Gasteiger partial charge is 0.329 e. The third kappa shape index (κ3) is 1.93. The van der Waals surface area contributed by atoms with E-state index in [4.69, 9.17) is 5.11 Å². The molecule has 1 aliphatic carbocycles. The normalized spacial score (nSPS) is 31.4. The molecular formula is C12H17N3O4. The van der Waals surface area contributed by atoms with Crippen molar-refractivity contribution in [3.05, 3.63) is 0 Å². The summed E-state index contributed by atoms with van der Waals surface area (Å²) in [5.74, 6) is -1.11. The fraction of sp³-hybridized carbons (Fsp3) is 0.750. The predicted molar refractivity (Wildman–Crippen MR) is 64.4 cm³/mol. The van der Waals surface area contributed by atoms with Crippen LogP contribution in [0.1, 0.15) is 25.7 Å². The highest BCUT2D eigenvalue weighted by molar-refractivity contribution is 5.90. The molecule has 0 bridgehead atoms. The average Bonchev–Trinajstić information content (AvgIpc) is 3.07. The van der Waals surface area contributed by atoms with Crippen molar-refractivity contribution in [3.63, 3.8) is 0 Å². The Kier molecular flexibility index (Phi) is 2.65. The SMILES string of the molecule is O=C1NCC2C1CCCN2C(=O)NC1(C(=O)O)CC1. The van der Waals surface area contributed by atoms with Crippen molar-refractivity contribution in [2.24, 2.45) is 5.92 Å². The van der Waals surface area contributed by atoms with Crippen molar-refractivity contribution in [3.8, 4) is 0 Å². The number of urea groups is 1. The maximum Gasteiger partial charge on any atom is 0.329 e.